The maximum absolute atomic E-state index is 13.9. The number of aromatic carboxylic acids is 1. The highest BCUT2D eigenvalue weighted by Crippen LogP contribution is 2.39. The van der Waals surface area contributed by atoms with Gasteiger partial charge in [0.25, 0.3) is 11.8 Å². The fourth-order valence-corrected chi connectivity index (χ4v) is 6.46. The number of amides is 2. The normalized spacial score (nSPS) is 13.4. The molecule has 0 saturated heterocycles. The lowest BCUT2D eigenvalue weighted by atomic mass is 10.1. The molecule has 0 saturated carbocycles. The summed E-state index contributed by atoms with van der Waals surface area (Å²) < 4.78 is 38.2. The standard InChI is InChI=1S/C31H26N2O8S/c1-32(22-12-13-25(40-2)26(17-22)41-3)29(34)20-11-14-28-24(16-20)33(18-19-7-6-8-21(15-19)31(36)37)30(35)23-9-4-5-10-27(23)42(28,38)39/h4-17H,18H2,1-3H3,(H,36,37). The van der Waals surface area contributed by atoms with Gasteiger partial charge in [-0.1, -0.05) is 24.3 Å². The lowest BCUT2D eigenvalue weighted by Crippen LogP contribution is -2.31. The Morgan fingerprint density at radius 2 is 1.57 bits per heavy atom. The molecule has 10 nitrogen and oxygen atoms in total. The van der Waals surface area contributed by atoms with Crippen molar-refractivity contribution in [3.8, 4) is 11.5 Å². The van der Waals surface area contributed by atoms with E-state index in [2.05, 4.69) is 0 Å². The van der Waals surface area contributed by atoms with Gasteiger partial charge in [-0.2, -0.15) is 0 Å². The van der Waals surface area contributed by atoms with Crippen LogP contribution >= 0.6 is 0 Å². The minimum atomic E-state index is -4.16. The van der Waals surface area contributed by atoms with Crippen LogP contribution in [0.1, 0.15) is 36.6 Å². The molecule has 4 aromatic rings. The molecule has 1 heterocycles. The zero-order valence-corrected chi connectivity index (χ0v) is 23.7. The topological polar surface area (TPSA) is 131 Å². The van der Waals surface area contributed by atoms with Gasteiger partial charge in [0, 0.05) is 24.4 Å². The molecule has 0 spiro atoms. The van der Waals surface area contributed by atoms with E-state index in [0.29, 0.717) is 22.7 Å². The van der Waals surface area contributed by atoms with Gasteiger partial charge < -0.3 is 24.4 Å². The quantitative estimate of drug-likeness (QED) is 0.331. The summed E-state index contributed by atoms with van der Waals surface area (Å²) in [6.45, 7) is -0.139. The van der Waals surface area contributed by atoms with Crippen LogP contribution in [0.15, 0.2) is 94.7 Å². The summed E-state index contributed by atoms with van der Waals surface area (Å²) in [4.78, 5) is 41.4. The van der Waals surface area contributed by atoms with Crippen LogP contribution in [-0.4, -0.2) is 52.6 Å². The van der Waals surface area contributed by atoms with Crippen molar-refractivity contribution in [1.82, 2.24) is 0 Å². The number of carbonyl (C=O) groups is 3. The molecule has 2 amide bonds. The predicted molar refractivity (Wildman–Crippen MR) is 155 cm³/mol. The van der Waals surface area contributed by atoms with Crippen LogP contribution in [0.5, 0.6) is 11.5 Å². The van der Waals surface area contributed by atoms with Crippen LogP contribution < -0.4 is 19.3 Å². The molecule has 4 aromatic carbocycles. The number of hydrogen-bond donors (Lipinski definition) is 1. The monoisotopic (exact) mass is 586 g/mol. The lowest BCUT2D eigenvalue weighted by Gasteiger charge is -2.24. The van der Waals surface area contributed by atoms with Crippen LogP contribution in [0.4, 0.5) is 11.4 Å². The Morgan fingerprint density at radius 1 is 0.833 bits per heavy atom. The Kier molecular flexibility index (Phi) is 7.44. The molecule has 1 aliphatic rings. The van der Waals surface area contributed by atoms with E-state index in [9.17, 15) is 27.9 Å². The van der Waals surface area contributed by atoms with Crippen LogP contribution in [0.25, 0.3) is 0 Å². The van der Waals surface area contributed by atoms with E-state index >= 15 is 0 Å². The van der Waals surface area contributed by atoms with Gasteiger partial charge >= 0.3 is 5.97 Å². The van der Waals surface area contributed by atoms with Gasteiger partial charge in [-0.3, -0.25) is 9.59 Å². The third-order valence-corrected chi connectivity index (χ3v) is 8.87. The van der Waals surface area contributed by atoms with Gasteiger partial charge in [0.15, 0.2) is 11.5 Å². The predicted octanol–water partition coefficient (Wildman–Crippen LogP) is 4.67. The van der Waals surface area contributed by atoms with Gasteiger partial charge in [0.2, 0.25) is 9.84 Å². The van der Waals surface area contributed by atoms with E-state index in [-0.39, 0.29) is 38.7 Å². The number of fused-ring (bicyclic) bond motifs is 2. The van der Waals surface area contributed by atoms with Crippen LogP contribution in [0, 0.1) is 0 Å². The smallest absolute Gasteiger partial charge is 0.335 e. The Hall–Kier alpha value is -5.16. The van der Waals surface area contributed by atoms with Crippen molar-refractivity contribution in [3.63, 3.8) is 0 Å². The van der Waals surface area contributed by atoms with Gasteiger partial charge in [0.05, 0.1) is 47.4 Å². The van der Waals surface area contributed by atoms with Crippen molar-refractivity contribution in [2.45, 2.75) is 16.3 Å². The number of methoxy groups -OCH3 is 2. The van der Waals surface area contributed by atoms with E-state index < -0.39 is 27.6 Å². The number of hydrogen-bond acceptors (Lipinski definition) is 7. The third kappa shape index (κ3) is 4.94. The number of carboxylic acids is 1. The van der Waals surface area contributed by atoms with Crippen LogP contribution in [0.3, 0.4) is 0 Å². The van der Waals surface area contributed by atoms with Crippen molar-refractivity contribution in [3.05, 3.63) is 107 Å². The second-order valence-electron chi connectivity index (χ2n) is 9.48. The molecular weight excluding hydrogens is 560 g/mol. The van der Waals surface area contributed by atoms with E-state index in [0.717, 1.165) is 0 Å². The molecule has 1 N–H and O–H groups in total. The second kappa shape index (κ2) is 11.0. The Morgan fingerprint density at radius 3 is 2.29 bits per heavy atom. The fourth-order valence-electron chi connectivity index (χ4n) is 4.83. The van der Waals surface area contributed by atoms with E-state index in [1.807, 2.05) is 0 Å². The average molecular weight is 587 g/mol. The highest BCUT2D eigenvalue weighted by Gasteiger charge is 2.36. The highest BCUT2D eigenvalue weighted by molar-refractivity contribution is 7.91. The minimum Gasteiger partial charge on any atom is -0.493 e. The number of nitrogens with zero attached hydrogens (tertiary/aromatic N) is 2. The fraction of sp³-hybridized carbons (Fsp3) is 0.129. The molecule has 0 aliphatic carbocycles. The average Bonchev–Trinajstić information content (AvgIpc) is 3.07. The summed E-state index contributed by atoms with van der Waals surface area (Å²) in [5.74, 6) is -1.31. The van der Waals surface area contributed by atoms with Crippen molar-refractivity contribution in [2.24, 2.45) is 0 Å². The summed E-state index contributed by atoms with van der Waals surface area (Å²) >= 11 is 0. The Balaban J connectivity index is 1.63. The molecule has 0 atom stereocenters. The maximum Gasteiger partial charge on any atom is 0.335 e. The van der Waals surface area contributed by atoms with Gasteiger partial charge in [-0.25, -0.2) is 13.2 Å². The number of carbonyl (C=O) groups excluding carboxylic acids is 2. The molecule has 0 fully saturated rings. The summed E-state index contributed by atoms with van der Waals surface area (Å²) in [6.07, 6.45) is 0. The largest absolute Gasteiger partial charge is 0.493 e. The first-order chi connectivity index (χ1) is 20.1. The number of sulfone groups is 1. The maximum atomic E-state index is 13.9. The third-order valence-electron chi connectivity index (χ3n) is 7.01. The number of carboxylic acid groups (broad SMARTS) is 1. The van der Waals surface area contributed by atoms with Gasteiger partial charge in [-0.05, 0) is 60.2 Å². The van der Waals surface area contributed by atoms with E-state index in [4.69, 9.17) is 9.47 Å². The zero-order valence-electron chi connectivity index (χ0n) is 22.9. The first kappa shape index (κ1) is 28.4. The molecule has 0 radical (unpaired) electrons. The van der Waals surface area contributed by atoms with Crippen molar-refractivity contribution in [1.29, 1.82) is 0 Å². The summed E-state index contributed by atoms with van der Waals surface area (Å²) in [5, 5.41) is 9.46. The molecule has 214 valence electrons. The molecule has 42 heavy (non-hydrogen) atoms. The van der Waals surface area contributed by atoms with Gasteiger partial charge in [-0.15, -0.1) is 0 Å². The summed E-state index contributed by atoms with van der Waals surface area (Å²) in [7, 11) is 0.374. The SMILES string of the molecule is COc1ccc(N(C)C(=O)c2ccc3c(c2)N(Cc2cccc(C(=O)O)c2)C(=O)c2ccccc2S3(=O)=O)cc1OC. The number of rotatable bonds is 7. The Labute approximate surface area is 242 Å². The molecule has 5 rings (SSSR count). The van der Waals surface area contributed by atoms with Gasteiger partial charge in [0.1, 0.15) is 0 Å². The van der Waals surface area contributed by atoms with E-state index in [1.165, 1.54) is 72.6 Å². The lowest BCUT2D eigenvalue weighted by molar-refractivity contribution is 0.0696. The molecule has 0 unspecified atom stereocenters. The van der Waals surface area contributed by atoms with Crippen molar-refractivity contribution in [2.75, 3.05) is 31.1 Å². The molecule has 11 heteroatoms. The molecule has 0 bridgehead atoms. The van der Waals surface area contributed by atoms with Crippen LogP contribution in [-0.2, 0) is 16.4 Å². The van der Waals surface area contributed by atoms with Crippen molar-refractivity contribution >= 4 is 39.0 Å². The molecule has 1 aliphatic heterocycles. The minimum absolute atomic E-state index is 0.00323. The Bertz CT molecular complexity index is 1850. The number of ether oxygens (including phenoxy) is 2. The van der Waals surface area contributed by atoms with E-state index in [1.54, 1.807) is 43.4 Å². The molecule has 0 aromatic heterocycles. The first-order valence-corrected chi connectivity index (χ1v) is 14.2. The first-order valence-electron chi connectivity index (χ1n) is 12.7. The highest BCUT2D eigenvalue weighted by atomic mass is 32.2. The summed E-state index contributed by atoms with van der Waals surface area (Å²) in [6, 6.07) is 21.0. The number of benzene rings is 4. The zero-order chi connectivity index (χ0) is 30.2. The summed E-state index contributed by atoms with van der Waals surface area (Å²) in [5.41, 5.74) is 1.07. The van der Waals surface area contributed by atoms with Crippen molar-refractivity contribution < 1.29 is 37.4 Å². The molecular formula is C31H26N2O8S. The van der Waals surface area contributed by atoms with Crippen LogP contribution in [0.2, 0.25) is 0 Å². The second-order valence-corrected chi connectivity index (χ2v) is 11.4. The number of anilines is 2.